The summed E-state index contributed by atoms with van der Waals surface area (Å²) in [6.07, 6.45) is 6.66. The fourth-order valence-electron chi connectivity index (χ4n) is 3.95. The van der Waals surface area contributed by atoms with E-state index in [0.29, 0.717) is 11.1 Å². The molecule has 0 aromatic heterocycles. The van der Waals surface area contributed by atoms with Gasteiger partial charge in [-0.25, -0.2) is 4.79 Å². The third-order valence-electron chi connectivity index (χ3n) is 5.22. The number of aliphatic hydroxyl groups excluding tert-OH is 1. The maximum absolute atomic E-state index is 13.1. The molecule has 132 valence electrons. The van der Waals surface area contributed by atoms with Crippen molar-refractivity contribution in [2.24, 2.45) is 5.92 Å². The first-order valence-electron chi connectivity index (χ1n) is 8.76. The summed E-state index contributed by atoms with van der Waals surface area (Å²) in [4.78, 5) is 11.6. The van der Waals surface area contributed by atoms with Gasteiger partial charge in [0.05, 0.1) is 11.7 Å². The lowest BCUT2D eigenvalue weighted by Crippen LogP contribution is -2.43. The number of carboxylic acids is 1. The van der Waals surface area contributed by atoms with Gasteiger partial charge in [-0.1, -0.05) is 55.2 Å². The molecule has 26 heavy (non-hydrogen) atoms. The Morgan fingerprint density at radius 2 is 1.88 bits per heavy atom. The molecular weight excluding hydrogens is 328 g/mol. The topological polar surface area (TPSA) is 80.6 Å². The number of carbonyl (C=O) groups is 1. The van der Waals surface area contributed by atoms with E-state index in [9.17, 15) is 20.1 Å². The van der Waals surface area contributed by atoms with E-state index >= 15 is 0 Å². The quantitative estimate of drug-likeness (QED) is 0.789. The molecule has 4 heteroatoms. The van der Waals surface area contributed by atoms with Gasteiger partial charge < -0.3 is 15.3 Å². The SMILES string of the molecule is CC1C=c2ccccc2=C(c2c([O-])c(C(=O)O)cc3c2=CCCC=3)C1O. The number of benzene rings is 2. The van der Waals surface area contributed by atoms with E-state index in [-0.39, 0.29) is 11.5 Å². The third kappa shape index (κ3) is 2.45. The van der Waals surface area contributed by atoms with Gasteiger partial charge in [-0.05, 0) is 50.9 Å². The second-order valence-corrected chi connectivity index (χ2v) is 6.89. The van der Waals surface area contributed by atoms with Crippen LogP contribution >= 0.6 is 0 Å². The Morgan fingerprint density at radius 3 is 2.65 bits per heavy atom. The molecule has 0 saturated carbocycles. The first-order valence-corrected chi connectivity index (χ1v) is 8.76. The minimum atomic E-state index is -1.24. The van der Waals surface area contributed by atoms with E-state index in [2.05, 4.69) is 0 Å². The minimum absolute atomic E-state index is 0.170. The Hall–Kier alpha value is -2.85. The fraction of sp³-hybridized carbons (Fsp3) is 0.227. The first-order chi connectivity index (χ1) is 12.5. The van der Waals surface area contributed by atoms with E-state index in [0.717, 1.165) is 33.7 Å². The second kappa shape index (κ2) is 6.15. The molecule has 2 atom stereocenters. The molecule has 0 spiro atoms. The van der Waals surface area contributed by atoms with Crippen molar-refractivity contribution >= 4 is 29.8 Å². The summed E-state index contributed by atoms with van der Waals surface area (Å²) in [6.45, 7) is 1.90. The van der Waals surface area contributed by atoms with Gasteiger partial charge in [-0.15, -0.1) is 0 Å². The number of rotatable bonds is 2. The Bertz CT molecular complexity index is 1160. The van der Waals surface area contributed by atoms with Gasteiger partial charge in [0.15, 0.2) is 0 Å². The summed E-state index contributed by atoms with van der Waals surface area (Å²) in [5, 5.41) is 36.7. The molecule has 0 heterocycles. The highest BCUT2D eigenvalue weighted by molar-refractivity contribution is 5.94. The molecule has 0 bridgehead atoms. The Labute approximate surface area is 150 Å². The summed E-state index contributed by atoms with van der Waals surface area (Å²) in [7, 11) is 0. The van der Waals surface area contributed by atoms with Gasteiger partial charge in [0, 0.05) is 5.92 Å². The molecule has 2 aromatic rings. The Morgan fingerprint density at radius 1 is 1.15 bits per heavy atom. The number of carboxylic acid groups (broad SMARTS) is 1. The van der Waals surface area contributed by atoms with Crippen LogP contribution in [0.15, 0.2) is 30.3 Å². The van der Waals surface area contributed by atoms with Crippen molar-refractivity contribution in [3.05, 3.63) is 62.3 Å². The zero-order valence-electron chi connectivity index (χ0n) is 14.4. The smallest absolute Gasteiger partial charge is 0.335 e. The van der Waals surface area contributed by atoms with Crippen LogP contribution in [0.1, 0.15) is 35.7 Å². The van der Waals surface area contributed by atoms with Gasteiger partial charge in [0.25, 0.3) is 0 Å². The maximum atomic E-state index is 13.1. The molecule has 2 aromatic carbocycles. The van der Waals surface area contributed by atoms with Gasteiger partial charge in [-0.2, -0.15) is 0 Å². The van der Waals surface area contributed by atoms with Crippen LogP contribution in [0.2, 0.25) is 0 Å². The zero-order valence-corrected chi connectivity index (χ0v) is 14.4. The van der Waals surface area contributed by atoms with Crippen LogP contribution in [-0.4, -0.2) is 22.3 Å². The summed E-state index contributed by atoms with van der Waals surface area (Å²) >= 11 is 0. The molecule has 0 fully saturated rings. The van der Waals surface area contributed by atoms with Crippen LogP contribution in [0.25, 0.3) is 23.8 Å². The van der Waals surface area contributed by atoms with Crippen molar-refractivity contribution in [3.8, 4) is 5.75 Å². The minimum Gasteiger partial charge on any atom is -0.871 e. The van der Waals surface area contributed by atoms with Gasteiger partial charge >= 0.3 is 5.97 Å². The van der Waals surface area contributed by atoms with Gasteiger partial charge in [0.2, 0.25) is 0 Å². The van der Waals surface area contributed by atoms with Crippen molar-refractivity contribution in [3.63, 3.8) is 0 Å². The lowest BCUT2D eigenvalue weighted by Gasteiger charge is -2.28. The third-order valence-corrected chi connectivity index (χ3v) is 5.22. The highest BCUT2D eigenvalue weighted by Crippen LogP contribution is 2.28. The predicted octanol–water partition coefficient (Wildman–Crippen LogP) is -0.197. The summed E-state index contributed by atoms with van der Waals surface area (Å²) in [5.41, 5.74) is 0.618. The maximum Gasteiger partial charge on any atom is 0.335 e. The Kier molecular flexibility index (Phi) is 3.93. The van der Waals surface area contributed by atoms with E-state index in [1.807, 2.05) is 49.4 Å². The lowest BCUT2D eigenvalue weighted by molar-refractivity contribution is -0.269. The summed E-state index contributed by atoms with van der Waals surface area (Å²) in [6, 6.07) is 9.06. The molecule has 2 N–H and O–H groups in total. The average molecular weight is 347 g/mol. The second-order valence-electron chi connectivity index (χ2n) is 6.89. The fourth-order valence-corrected chi connectivity index (χ4v) is 3.95. The van der Waals surface area contributed by atoms with Crippen LogP contribution in [-0.2, 0) is 0 Å². The molecule has 0 saturated heterocycles. The highest BCUT2D eigenvalue weighted by Gasteiger charge is 2.25. The van der Waals surface area contributed by atoms with Crippen LogP contribution in [0.3, 0.4) is 0 Å². The van der Waals surface area contributed by atoms with Crippen molar-refractivity contribution in [2.45, 2.75) is 25.9 Å². The monoisotopic (exact) mass is 347 g/mol. The van der Waals surface area contributed by atoms with Gasteiger partial charge in [0.1, 0.15) is 0 Å². The summed E-state index contributed by atoms with van der Waals surface area (Å²) < 4.78 is 0. The zero-order chi connectivity index (χ0) is 18.4. The van der Waals surface area contributed by atoms with Crippen LogP contribution in [0.4, 0.5) is 0 Å². The molecule has 4 nitrogen and oxygen atoms in total. The largest absolute Gasteiger partial charge is 0.871 e. The van der Waals surface area contributed by atoms with Crippen molar-refractivity contribution in [1.82, 2.24) is 0 Å². The first kappa shape index (κ1) is 16.6. The molecule has 2 aliphatic carbocycles. The molecular formula is C22H19O4-. The molecule has 2 aliphatic rings. The van der Waals surface area contributed by atoms with Crippen LogP contribution in [0, 0.1) is 5.92 Å². The van der Waals surface area contributed by atoms with E-state index in [1.54, 1.807) is 0 Å². The highest BCUT2D eigenvalue weighted by atomic mass is 16.4. The van der Waals surface area contributed by atoms with Crippen molar-refractivity contribution in [2.75, 3.05) is 0 Å². The summed E-state index contributed by atoms with van der Waals surface area (Å²) in [5.74, 6) is -1.94. The lowest BCUT2D eigenvalue weighted by atomic mass is 9.82. The van der Waals surface area contributed by atoms with Crippen molar-refractivity contribution < 1.29 is 20.1 Å². The molecule has 4 rings (SSSR count). The number of hydrogen-bond donors (Lipinski definition) is 2. The number of aliphatic hydroxyl groups is 1. The van der Waals surface area contributed by atoms with E-state index < -0.39 is 17.8 Å². The molecule has 0 amide bonds. The van der Waals surface area contributed by atoms with Crippen LogP contribution < -0.4 is 26.0 Å². The number of fused-ring (bicyclic) bond motifs is 2. The van der Waals surface area contributed by atoms with Crippen molar-refractivity contribution in [1.29, 1.82) is 0 Å². The number of hydrogen-bond acceptors (Lipinski definition) is 3. The van der Waals surface area contributed by atoms with Crippen LogP contribution in [0.5, 0.6) is 5.75 Å². The van der Waals surface area contributed by atoms with E-state index in [4.69, 9.17) is 0 Å². The molecule has 0 aliphatic heterocycles. The normalized spacial score (nSPS) is 20.9. The van der Waals surface area contributed by atoms with E-state index in [1.165, 1.54) is 6.07 Å². The molecule has 2 unspecified atom stereocenters. The Balaban J connectivity index is 2.24. The predicted molar refractivity (Wildman–Crippen MR) is 98.1 cm³/mol. The number of aromatic carboxylic acids is 1. The average Bonchev–Trinajstić information content (AvgIpc) is 2.63. The standard InChI is InChI=1S/C22H20O4/c1-12-10-13-6-2-4-8-15(13)18(20(12)23)19-16-9-5-3-7-14(16)11-17(21(19)24)22(25)26/h2,4,6-12,20,23-24H,3,5H2,1H3,(H,25,26)/p-1. The molecule has 0 radical (unpaired) electrons. The van der Waals surface area contributed by atoms with Gasteiger partial charge in [-0.3, -0.25) is 0 Å².